The van der Waals surface area contributed by atoms with Gasteiger partial charge in [-0.3, -0.25) is 4.79 Å². The zero-order valence-corrected chi connectivity index (χ0v) is 11.8. The van der Waals surface area contributed by atoms with Crippen LogP contribution in [0.3, 0.4) is 0 Å². The standard InChI is InChI=1S/C15H18N2O3/c1-3-9-10(7-12(18)19)11(4-2)16-15-13(9)14(17-20-15)8-5-6-8/h8H,3-7H2,1-2H3,(H,18,19). The molecule has 0 saturated heterocycles. The van der Waals surface area contributed by atoms with Gasteiger partial charge in [-0.25, -0.2) is 4.98 Å². The molecule has 0 aliphatic heterocycles. The number of carboxylic acid groups (broad SMARTS) is 1. The number of hydrogen-bond donors (Lipinski definition) is 1. The van der Waals surface area contributed by atoms with E-state index in [9.17, 15) is 4.79 Å². The summed E-state index contributed by atoms with van der Waals surface area (Å²) in [5.74, 6) is -0.353. The predicted molar refractivity (Wildman–Crippen MR) is 73.9 cm³/mol. The van der Waals surface area contributed by atoms with Crippen LogP contribution in [0.2, 0.25) is 0 Å². The quantitative estimate of drug-likeness (QED) is 0.907. The topological polar surface area (TPSA) is 76.2 Å². The number of aryl methyl sites for hydroxylation is 2. The number of rotatable bonds is 5. The van der Waals surface area contributed by atoms with Gasteiger partial charge in [0.1, 0.15) is 0 Å². The van der Waals surface area contributed by atoms with Gasteiger partial charge in [-0.05, 0) is 36.8 Å². The molecule has 1 aliphatic rings. The summed E-state index contributed by atoms with van der Waals surface area (Å²) < 4.78 is 5.39. The summed E-state index contributed by atoms with van der Waals surface area (Å²) in [6, 6.07) is 0. The molecule has 0 unspecified atom stereocenters. The number of pyridine rings is 1. The van der Waals surface area contributed by atoms with Crippen LogP contribution < -0.4 is 0 Å². The summed E-state index contributed by atoms with van der Waals surface area (Å²) >= 11 is 0. The van der Waals surface area contributed by atoms with Crippen LogP contribution in [0.4, 0.5) is 0 Å². The fraction of sp³-hybridized carbons (Fsp3) is 0.533. The maximum atomic E-state index is 11.1. The molecule has 1 N–H and O–H groups in total. The van der Waals surface area contributed by atoms with Crippen molar-refractivity contribution in [2.24, 2.45) is 0 Å². The second-order valence-corrected chi connectivity index (χ2v) is 5.32. The first-order chi connectivity index (χ1) is 9.65. The number of fused-ring (bicyclic) bond motifs is 1. The Morgan fingerprint density at radius 3 is 2.60 bits per heavy atom. The van der Waals surface area contributed by atoms with Crippen LogP contribution >= 0.6 is 0 Å². The molecule has 1 saturated carbocycles. The highest BCUT2D eigenvalue weighted by Crippen LogP contribution is 2.43. The van der Waals surface area contributed by atoms with Crippen molar-refractivity contribution in [2.45, 2.75) is 51.9 Å². The van der Waals surface area contributed by atoms with E-state index in [0.29, 0.717) is 18.1 Å². The van der Waals surface area contributed by atoms with Crippen LogP contribution in [0.5, 0.6) is 0 Å². The van der Waals surface area contributed by atoms with Crippen LogP contribution in [-0.4, -0.2) is 21.2 Å². The summed E-state index contributed by atoms with van der Waals surface area (Å²) in [6.45, 7) is 4.03. The zero-order valence-electron chi connectivity index (χ0n) is 11.8. The van der Waals surface area contributed by atoms with Crippen LogP contribution in [-0.2, 0) is 24.1 Å². The average molecular weight is 274 g/mol. The van der Waals surface area contributed by atoms with E-state index in [-0.39, 0.29) is 6.42 Å². The molecule has 0 spiro atoms. The lowest BCUT2D eigenvalue weighted by Gasteiger charge is -2.11. The first-order valence-electron chi connectivity index (χ1n) is 7.17. The van der Waals surface area contributed by atoms with Crippen molar-refractivity contribution in [1.82, 2.24) is 10.1 Å². The van der Waals surface area contributed by atoms with E-state index >= 15 is 0 Å². The largest absolute Gasteiger partial charge is 0.481 e. The van der Waals surface area contributed by atoms with Crippen LogP contribution in [0.15, 0.2) is 4.52 Å². The van der Waals surface area contributed by atoms with Crippen LogP contribution in [0.25, 0.3) is 11.1 Å². The Bertz CT molecular complexity index is 671. The monoisotopic (exact) mass is 274 g/mol. The third kappa shape index (κ3) is 2.07. The Kier molecular flexibility index (Phi) is 3.20. The van der Waals surface area contributed by atoms with Crippen molar-refractivity contribution >= 4 is 17.1 Å². The molecule has 0 radical (unpaired) electrons. The lowest BCUT2D eigenvalue weighted by Crippen LogP contribution is -2.09. The van der Waals surface area contributed by atoms with Gasteiger partial charge in [0.25, 0.3) is 5.71 Å². The minimum atomic E-state index is -0.819. The predicted octanol–water partition coefficient (Wildman–Crippen LogP) is 2.85. The van der Waals surface area contributed by atoms with E-state index in [4.69, 9.17) is 9.63 Å². The fourth-order valence-electron chi connectivity index (χ4n) is 2.85. The van der Waals surface area contributed by atoms with Gasteiger partial charge in [0, 0.05) is 11.6 Å². The van der Waals surface area contributed by atoms with E-state index in [1.807, 2.05) is 13.8 Å². The van der Waals surface area contributed by atoms with Crippen molar-refractivity contribution in [3.63, 3.8) is 0 Å². The fourth-order valence-corrected chi connectivity index (χ4v) is 2.85. The van der Waals surface area contributed by atoms with Crippen molar-refractivity contribution in [3.8, 4) is 0 Å². The summed E-state index contributed by atoms with van der Waals surface area (Å²) in [6.07, 6.45) is 3.76. The third-order valence-corrected chi connectivity index (χ3v) is 3.93. The molecule has 3 rings (SSSR count). The molecule has 2 aromatic heterocycles. The van der Waals surface area contributed by atoms with Gasteiger partial charge in [0.2, 0.25) is 0 Å². The Morgan fingerprint density at radius 1 is 1.30 bits per heavy atom. The van der Waals surface area contributed by atoms with Gasteiger partial charge in [-0.15, -0.1) is 0 Å². The first kappa shape index (κ1) is 13.1. The van der Waals surface area contributed by atoms with Crippen molar-refractivity contribution < 1.29 is 14.4 Å². The molecular formula is C15H18N2O3. The normalized spacial score (nSPS) is 14.9. The summed E-state index contributed by atoms with van der Waals surface area (Å²) in [7, 11) is 0. The summed E-state index contributed by atoms with van der Waals surface area (Å²) in [4.78, 5) is 15.6. The van der Waals surface area contributed by atoms with Crippen molar-refractivity contribution in [1.29, 1.82) is 0 Å². The van der Waals surface area contributed by atoms with Gasteiger partial charge in [-0.2, -0.15) is 0 Å². The second-order valence-electron chi connectivity index (χ2n) is 5.32. The van der Waals surface area contributed by atoms with E-state index < -0.39 is 5.97 Å². The molecule has 0 bridgehead atoms. The Balaban J connectivity index is 2.27. The van der Waals surface area contributed by atoms with Crippen LogP contribution in [0, 0.1) is 0 Å². The molecule has 0 amide bonds. The smallest absolute Gasteiger partial charge is 0.307 e. The lowest BCUT2D eigenvalue weighted by atomic mass is 9.95. The number of hydrogen-bond acceptors (Lipinski definition) is 4. The minimum absolute atomic E-state index is 0.0184. The van der Waals surface area contributed by atoms with Crippen molar-refractivity contribution in [3.05, 3.63) is 22.5 Å². The van der Waals surface area contributed by atoms with E-state index in [1.165, 1.54) is 0 Å². The Morgan fingerprint density at radius 2 is 2.05 bits per heavy atom. The van der Waals surface area contributed by atoms with E-state index in [1.54, 1.807) is 0 Å². The molecule has 20 heavy (non-hydrogen) atoms. The molecule has 5 nitrogen and oxygen atoms in total. The molecule has 2 aromatic rings. The maximum absolute atomic E-state index is 11.1. The SMILES string of the molecule is CCc1nc2onc(C3CC3)c2c(CC)c1CC(=O)O. The second kappa shape index (κ2) is 4.89. The van der Waals surface area contributed by atoms with Gasteiger partial charge >= 0.3 is 5.97 Å². The number of nitrogens with zero attached hydrogens (tertiary/aromatic N) is 2. The zero-order chi connectivity index (χ0) is 14.3. The summed E-state index contributed by atoms with van der Waals surface area (Å²) in [5.41, 5.74) is 4.25. The van der Waals surface area contributed by atoms with E-state index in [2.05, 4.69) is 10.1 Å². The molecular weight excluding hydrogens is 256 g/mol. The minimum Gasteiger partial charge on any atom is -0.481 e. The van der Waals surface area contributed by atoms with Gasteiger partial charge in [-0.1, -0.05) is 19.0 Å². The number of aliphatic carboxylic acids is 1. The van der Waals surface area contributed by atoms with Gasteiger partial charge in [0.05, 0.1) is 17.5 Å². The molecule has 1 fully saturated rings. The lowest BCUT2D eigenvalue weighted by molar-refractivity contribution is -0.136. The Hall–Kier alpha value is -1.91. The summed E-state index contributed by atoms with van der Waals surface area (Å²) in [5, 5.41) is 14.3. The highest BCUT2D eigenvalue weighted by molar-refractivity contribution is 5.84. The molecule has 0 atom stereocenters. The Labute approximate surface area is 117 Å². The highest BCUT2D eigenvalue weighted by Gasteiger charge is 2.31. The molecule has 0 aromatic carbocycles. The molecule has 5 heteroatoms. The van der Waals surface area contributed by atoms with Gasteiger partial charge in [0.15, 0.2) is 0 Å². The highest BCUT2D eigenvalue weighted by atomic mass is 16.5. The van der Waals surface area contributed by atoms with Gasteiger partial charge < -0.3 is 9.63 Å². The number of carbonyl (C=O) groups is 1. The number of carboxylic acids is 1. The molecule has 106 valence electrons. The average Bonchev–Trinajstić information content (AvgIpc) is 3.18. The van der Waals surface area contributed by atoms with Crippen molar-refractivity contribution in [2.75, 3.05) is 0 Å². The van der Waals surface area contributed by atoms with Crippen LogP contribution in [0.1, 0.15) is 55.1 Å². The third-order valence-electron chi connectivity index (χ3n) is 3.93. The molecule has 2 heterocycles. The van der Waals surface area contributed by atoms with E-state index in [0.717, 1.165) is 47.2 Å². The maximum Gasteiger partial charge on any atom is 0.307 e. The molecule has 1 aliphatic carbocycles. The first-order valence-corrected chi connectivity index (χ1v) is 7.17. The number of aromatic nitrogens is 2.